The fourth-order valence-corrected chi connectivity index (χ4v) is 3.88. The van der Waals surface area contributed by atoms with Crippen molar-refractivity contribution < 1.29 is 4.74 Å². The number of likely N-dealkylation sites (N-methyl/N-ethyl adjacent to an activating group) is 1. The fraction of sp³-hybridized carbons (Fsp3) is 0.368. The first-order chi connectivity index (χ1) is 10.8. The summed E-state index contributed by atoms with van der Waals surface area (Å²) in [4.78, 5) is 4.98. The SMILES string of the molecule is COc1cccc2c1N1CCN(C)CC1c1ccccc1C2. The molecular formula is C19H22N2O. The van der Waals surface area contributed by atoms with Crippen LogP contribution in [0.4, 0.5) is 5.69 Å². The maximum atomic E-state index is 5.69. The molecule has 1 fully saturated rings. The molecule has 0 amide bonds. The van der Waals surface area contributed by atoms with Crippen LogP contribution in [0.5, 0.6) is 5.75 Å². The molecule has 1 saturated heterocycles. The predicted octanol–water partition coefficient (Wildman–Crippen LogP) is 3.09. The van der Waals surface area contributed by atoms with Gasteiger partial charge in [0.2, 0.25) is 0 Å². The van der Waals surface area contributed by atoms with Crippen molar-refractivity contribution in [3.05, 3.63) is 59.2 Å². The molecule has 0 radical (unpaired) electrons. The third-order valence-corrected chi connectivity index (χ3v) is 4.97. The minimum atomic E-state index is 0.410. The molecule has 2 aliphatic rings. The topological polar surface area (TPSA) is 15.7 Å². The smallest absolute Gasteiger partial charge is 0.142 e. The number of ether oxygens (including phenoxy) is 1. The highest BCUT2D eigenvalue weighted by atomic mass is 16.5. The molecule has 22 heavy (non-hydrogen) atoms. The van der Waals surface area contributed by atoms with Gasteiger partial charge in [-0.25, -0.2) is 0 Å². The summed E-state index contributed by atoms with van der Waals surface area (Å²) in [5.41, 5.74) is 5.57. The highest BCUT2D eigenvalue weighted by Gasteiger charge is 2.33. The Labute approximate surface area is 132 Å². The van der Waals surface area contributed by atoms with E-state index in [0.29, 0.717) is 6.04 Å². The average molecular weight is 294 g/mol. The molecule has 0 saturated carbocycles. The second-order valence-electron chi connectivity index (χ2n) is 6.32. The fourth-order valence-electron chi connectivity index (χ4n) is 3.88. The quantitative estimate of drug-likeness (QED) is 0.804. The van der Waals surface area contributed by atoms with Crippen LogP contribution in [0.1, 0.15) is 22.7 Å². The summed E-state index contributed by atoms with van der Waals surface area (Å²) in [5, 5.41) is 0. The van der Waals surface area contributed by atoms with Crippen molar-refractivity contribution >= 4 is 5.69 Å². The highest BCUT2D eigenvalue weighted by molar-refractivity contribution is 5.68. The van der Waals surface area contributed by atoms with E-state index < -0.39 is 0 Å². The average Bonchev–Trinajstić information content (AvgIpc) is 2.68. The van der Waals surface area contributed by atoms with Crippen molar-refractivity contribution in [3.8, 4) is 5.75 Å². The molecule has 3 heteroatoms. The number of hydrogen-bond acceptors (Lipinski definition) is 3. The molecule has 3 nitrogen and oxygen atoms in total. The van der Waals surface area contributed by atoms with Gasteiger partial charge in [-0.15, -0.1) is 0 Å². The van der Waals surface area contributed by atoms with Crippen LogP contribution in [0, 0.1) is 0 Å². The van der Waals surface area contributed by atoms with Gasteiger partial charge in [-0.1, -0.05) is 36.4 Å². The van der Waals surface area contributed by atoms with Gasteiger partial charge in [-0.05, 0) is 36.2 Å². The molecule has 0 aromatic heterocycles. The molecule has 2 aromatic carbocycles. The zero-order valence-corrected chi connectivity index (χ0v) is 13.2. The number of fused-ring (bicyclic) bond motifs is 5. The van der Waals surface area contributed by atoms with Crippen LogP contribution in [-0.4, -0.2) is 38.7 Å². The number of piperazine rings is 1. The Morgan fingerprint density at radius 2 is 1.82 bits per heavy atom. The standard InChI is InChI=1S/C19H22N2O/c1-20-10-11-21-17(13-20)16-8-4-3-6-14(16)12-15-7-5-9-18(22-2)19(15)21/h3-9,17H,10-13H2,1-2H3. The predicted molar refractivity (Wildman–Crippen MR) is 89.8 cm³/mol. The minimum absolute atomic E-state index is 0.410. The molecule has 1 unspecified atom stereocenters. The largest absolute Gasteiger partial charge is 0.495 e. The van der Waals surface area contributed by atoms with E-state index in [-0.39, 0.29) is 0 Å². The van der Waals surface area contributed by atoms with Crippen LogP contribution < -0.4 is 9.64 Å². The molecule has 0 bridgehead atoms. The number of benzene rings is 2. The summed E-state index contributed by atoms with van der Waals surface area (Å²) in [5.74, 6) is 1.000. The summed E-state index contributed by atoms with van der Waals surface area (Å²) in [7, 11) is 3.99. The monoisotopic (exact) mass is 294 g/mol. The van der Waals surface area contributed by atoms with Crippen LogP contribution in [0.25, 0.3) is 0 Å². The number of nitrogens with zero attached hydrogens (tertiary/aromatic N) is 2. The van der Waals surface area contributed by atoms with Gasteiger partial charge < -0.3 is 14.5 Å². The maximum Gasteiger partial charge on any atom is 0.142 e. The lowest BCUT2D eigenvalue weighted by Crippen LogP contribution is -2.47. The van der Waals surface area contributed by atoms with Crippen LogP contribution in [0.15, 0.2) is 42.5 Å². The van der Waals surface area contributed by atoms with Crippen LogP contribution in [0.3, 0.4) is 0 Å². The van der Waals surface area contributed by atoms with Gasteiger partial charge in [0.15, 0.2) is 0 Å². The minimum Gasteiger partial charge on any atom is -0.495 e. The maximum absolute atomic E-state index is 5.69. The van der Waals surface area contributed by atoms with E-state index in [1.54, 1.807) is 7.11 Å². The zero-order valence-electron chi connectivity index (χ0n) is 13.2. The molecule has 2 aliphatic heterocycles. The van der Waals surface area contributed by atoms with Crippen LogP contribution in [0.2, 0.25) is 0 Å². The summed E-state index contributed by atoms with van der Waals surface area (Å²) in [6.07, 6.45) is 0.986. The Balaban J connectivity index is 1.93. The van der Waals surface area contributed by atoms with Gasteiger partial charge >= 0.3 is 0 Å². The van der Waals surface area contributed by atoms with E-state index in [0.717, 1.165) is 31.8 Å². The van der Waals surface area contributed by atoms with Gasteiger partial charge in [-0.2, -0.15) is 0 Å². The van der Waals surface area contributed by atoms with E-state index >= 15 is 0 Å². The van der Waals surface area contributed by atoms with Crippen molar-refractivity contribution in [1.82, 2.24) is 4.90 Å². The molecular weight excluding hydrogens is 272 g/mol. The molecule has 2 heterocycles. The van der Waals surface area contributed by atoms with Gasteiger partial charge in [0, 0.05) is 19.6 Å². The molecule has 1 atom stereocenters. The Kier molecular flexibility index (Phi) is 3.30. The normalized spacial score (nSPS) is 20.6. The number of hydrogen-bond donors (Lipinski definition) is 0. The van der Waals surface area contributed by atoms with E-state index in [1.807, 2.05) is 0 Å². The number of anilines is 1. The molecule has 2 aromatic rings. The summed E-state index contributed by atoms with van der Waals surface area (Å²) in [6.45, 7) is 3.20. The third kappa shape index (κ3) is 2.08. The second-order valence-corrected chi connectivity index (χ2v) is 6.32. The Bertz CT molecular complexity index is 698. The lowest BCUT2D eigenvalue weighted by molar-refractivity contribution is 0.268. The van der Waals surface area contributed by atoms with E-state index in [1.165, 1.54) is 22.4 Å². The zero-order chi connectivity index (χ0) is 15.1. The van der Waals surface area contributed by atoms with Crippen molar-refractivity contribution in [1.29, 1.82) is 0 Å². The van der Waals surface area contributed by atoms with Crippen LogP contribution >= 0.6 is 0 Å². The third-order valence-electron chi connectivity index (χ3n) is 4.97. The van der Waals surface area contributed by atoms with E-state index in [2.05, 4.69) is 59.3 Å². The summed E-state index contributed by atoms with van der Waals surface area (Å²) < 4.78 is 5.69. The van der Waals surface area contributed by atoms with E-state index in [4.69, 9.17) is 4.74 Å². The van der Waals surface area contributed by atoms with Gasteiger partial charge in [0.05, 0.1) is 18.8 Å². The molecule has 4 rings (SSSR count). The first kappa shape index (κ1) is 13.6. The summed E-state index contributed by atoms with van der Waals surface area (Å²) in [6, 6.07) is 15.7. The summed E-state index contributed by atoms with van der Waals surface area (Å²) >= 11 is 0. The number of rotatable bonds is 1. The Morgan fingerprint density at radius 3 is 2.68 bits per heavy atom. The molecule has 114 valence electrons. The Morgan fingerprint density at radius 1 is 1.00 bits per heavy atom. The molecule has 0 aliphatic carbocycles. The van der Waals surface area contributed by atoms with Crippen LogP contribution in [-0.2, 0) is 6.42 Å². The second kappa shape index (κ2) is 5.33. The van der Waals surface area contributed by atoms with Crippen molar-refractivity contribution in [3.63, 3.8) is 0 Å². The number of methoxy groups -OCH3 is 1. The van der Waals surface area contributed by atoms with Crippen molar-refractivity contribution in [2.75, 3.05) is 38.7 Å². The first-order valence-electron chi connectivity index (χ1n) is 7.97. The lowest BCUT2D eigenvalue weighted by atomic mass is 9.96. The van der Waals surface area contributed by atoms with E-state index in [9.17, 15) is 0 Å². The molecule has 0 N–H and O–H groups in total. The highest BCUT2D eigenvalue weighted by Crippen LogP contribution is 2.43. The van der Waals surface area contributed by atoms with Crippen molar-refractivity contribution in [2.24, 2.45) is 0 Å². The van der Waals surface area contributed by atoms with Crippen molar-refractivity contribution in [2.45, 2.75) is 12.5 Å². The van der Waals surface area contributed by atoms with Gasteiger partial charge in [-0.3, -0.25) is 0 Å². The van der Waals surface area contributed by atoms with Gasteiger partial charge in [0.25, 0.3) is 0 Å². The Hall–Kier alpha value is -2.00. The number of para-hydroxylation sites is 1. The lowest BCUT2D eigenvalue weighted by Gasteiger charge is -2.42. The van der Waals surface area contributed by atoms with Gasteiger partial charge in [0.1, 0.15) is 5.75 Å². The first-order valence-corrected chi connectivity index (χ1v) is 7.97. The molecule has 0 spiro atoms.